The molecule has 0 aliphatic rings. The largest absolute Gasteiger partial charge is 0.366 e. The number of aromatic nitrogens is 1. The van der Waals surface area contributed by atoms with E-state index in [4.69, 9.17) is 5.73 Å². The summed E-state index contributed by atoms with van der Waals surface area (Å²) in [6, 6.07) is 11.1. The Bertz CT molecular complexity index is 518. The number of hydrogen-bond donors (Lipinski definition) is 1. The Hall–Kier alpha value is -2.16. The maximum Gasteiger partial charge on any atom is 0.249 e. The van der Waals surface area contributed by atoms with Crippen molar-refractivity contribution in [3.05, 3.63) is 53.9 Å². The highest BCUT2D eigenvalue weighted by molar-refractivity contribution is 5.99. The van der Waals surface area contributed by atoms with Gasteiger partial charge in [-0.1, -0.05) is 24.3 Å². The number of nitrogens with two attached hydrogens (primary N) is 1. The van der Waals surface area contributed by atoms with Crippen LogP contribution in [0.3, 0.4) is 0 Å². The molecule has 0 radical (unpaired) electrons. The molecule has 0 saturated heterocycles. The number of hydrogen-bond acceptors (Lipinski definition) is 2. The van der Waals surface area contributed by atoms with Gasteiger partial charge in [0.05, 0.1) is 0 Å². The molecule has 3 heteroatoms. The third kappa shape index (κ3) is 1.93. The van der Waals surface area contributed by atoms with Gasteiger partial charge in [0, 0.05) is 23.0 Å². The van der Waals surface area contributed by atoms with E-state index in [0.29, 0.717) is 5.56 Å². The van der Waals surface area contributed by atoms with E-state index in [2.05, 4.69) is 4.98 Å². The van der Waals surface area contributed by atoms with Gasteiger partial charge in [-0.25, -0.2) is 0 Å². The van der Waals surface area contributed by atoms with E-state index in [1.807, 2.05) is 31.2 Å². The maximum absolute atomic E-state index is 11.3. The lowest BCUT2D eigenvalue weighted by molar-refractivity contribution is 0.100. The summed E-state index contributed by atoms with van der Waals surface area (Å²) in [5, 5.41) is 0. The van der Waals surface area contributed by atoms with Crippen LogP contribution in [0.1, 0.15) is 16.1 Å². The van der Waals surface area contributed by atoms with Crippen LogP contribution in [0.5, 0.6) is 0 Å². The molecular formula is C13H12N2O. The summed E-state index contributed by atoms with van der Waals surface area (Å²) in [5.74, 6) is -0.420. The minimum Gasteiger partial charge on any atom is -0.366 e. The summed E-state index contributed by atoms with van der Waals surface area (Å²) >= 11 is 0. The predicted molar refractivity (Wildman–Crippen MR) is 62.9 cm³/mol. The minimum absolute atomic E-state index is 0.420. The summed E-state index contributed by atoms with van der Waals surface area (Å²) in [7, 11) is 0. The normalized spacial score (nSPS) is 10.1. The standard InChI is InChI=1S/C13H12N2O/c1-9-6-7-10(8-15-9)11-4-2-3-5-12(11)13(14)16/h2-8H,1H3,(H2,14,16). The second kappa shape index (κ2) is 4.14. The molecule has 1 aromatic carbocycles. The van der Waals surface area contributed by atoms with Gasteiger partial charge >= 0.3 is 0 Å². The van der Waals surface area contributed by atoms with Crippen molar-refractivity contribution < 1.29 is 4.79 Å². The first kappa shape index (κ1) is 10.4. The van der Waals surface area contributed by atoms with Gasteiger partial charge in [-0.2, -0.15) is 0 Å². The van der Waals surface area contributed by atoms with Gasteiger partial charge in [0.2, 0.25) is 5.91 Å². The molecular weight excluding hydrogens is 200 g/mol. The molecule has 16 heavy (non-hydrogen) atoms. The van der Waals surface area contributed by atoms with Crippen molar-refractivity contribution in [2.24, 2.45) is 5.73 Å². The van der Waals surface area contributed by atoms with Crippen molar-refractivity contribution in [2.45, 2.75) is 6.92 Å². The van der Waals surface area contributed by atoms with Gasteiger partial charge in [0.1, 0.15) is 0 Å². The van der Waals surface area contributed by atoms with Crippen LogP contribution in [0.25, 0.3) is 11.1 Å². The van der Waals surface area contributed by atoms with Crippen LogP contribution in [0.15, 0.2) is 42.6 Å². The van der Waals surface area contributed by atoms with Crippen LogP contribution in [-0.2, 0) is 0 Å². The molecule has 0 atom stereocenters. The monoisotopic (exact) mass is 212 g/mol. The number of nitrogens with zero attached hydrogens (tertiary/aromatic N) is 1. The molecule has 0 aliphatic carbocycles. The van der Waals surface area contributed by atoms with Crippen LogP contribution < -0.4 is 5.73 Å². The van der Waals surface area contributed by atoms with E-state index in [0.717, 1.165) is 16.8 Å². The van der Waals surface area contributed by atoms with Crippen LogP contribution in [0, 0.1) is 6.92 Å². The molecule has 0 aliphatic heterocycles. The van der Waals surface area contributed by atoms with Gasteiger partial charge in [0.25, 0.3) is 0 Å². The van der Waals surface area contributed by atoms with Crippen LogP contribution >= 0.6 is 0 Å². The molecule has 0 saturated carbocycles. The van der Waals surface area contributed by atoms with Crippen LogP contribution in [0.4, 0.5) is 0 Å². The fraction of sp³-hybridized carbons (Fsp3) is 0.0769. The Balaban J connectivity index is 2.55. The number of aryl methyl sites for hydroxylation is 1. The first-order valence-corrected chi connectivity index (χ1v) is 5.00. The molecule has 1 heterocycles. The molecule has 0 bridgehead atoms. The number of pyridine rings is 1. The quantitative estimate of drug-likeness (QED) is 0.829. The second-order valence-corrected chi connectivity index (χ2v) is 3.60. The summed E-state index contributed by atoms with van der Waals surface area (Å²) in [6.45, 7) is 1.92. The average Bonchev–Trinajstić information content (AvgIpc) is 2.30. The van der Waals surface area contributed by atoms with E-state index in [-0.39, 0.29) is 0 Å². The molecule has 1 aromatic heterocycles. The highest BCUT2D eigenvalue weighted by Crippen LogP contribution is 2.22. The molecule has 0 spiro atoms. The lowest BCUT2D eigenvalue weighted by Crippen LogP contribution is -2.12. The molecule has 0 fully saturated rings. The first-order chi connectivity index (χ1) is 7.68. The fourth-order valence-electron chi connectivity index (χ4n) is 1.58. The first-order valence-electron chi connectivity index (χ1n) is 5.00. The zero-order valence-corrected chi connectivity index (χ0v) is 8.97. The molecule has 2 rings (SSSR count). The van der Waals surface area contributed by atoms with Crippen molar-refractivity contribution >= 4 is 5.91 Å². The third-order valence-electron chi connectivity index (χ3n) is 2.41. The Labute approximate surface area is 93.9 Å². The fourth-order valence-corrected chi connectivity index (χ4v) is 1.58. The third-order valence-corrected chi connectivity index (χ3v) is 2.41. The molecule has 80 valence electrons. The highest BCUT2D eigenvalue weighted by Gasteiger charge is 2.08. The van der Waals surface area contributed by atoms with E-state index in [9.17, 15) is 4.79 Å². The number of carbonyl (C=O) groups is 1. The van der Waals surface area contributed by atoms with Crippen molar-refractivity contribution in [1.29, 1.82) is 0 Å². The topological polar surface area (TPSA) is 56.0 Å². The Morgan fingerprint density at radius 2 is 1.94 bits per heavy atom. The zero-order valence-electron chi connectivity index (χ0n) is 8.97. The van der Waals surface area contributed by atoms with E-state index in [1.54, 1.807) is 18.3 Å². The van der Waals surface area contributed by atoms with Crippen molar-refractivity contribution in [3.63, 3.8) is 0 Å². The van der Waals surface area contributed by atoms with Gasteiger partial charge in [-0.3, -0.25) is 9.78 Å². The SMILES string of the molecule is Cc1ccc(-c2ccccc2C(N)=O)cn1. The van der Waals surface area contributed by atoms with Gasteiger partial charge in [0.15, 0.2) is 0 Å². The Morgan fingerprint density at radius 1 is 1.19 bits per heavy atom. The van der Waals surface area contributed by atoms with Crippen LogP contribution in [0.2, 0.25) is 0 Å². The van der Waals surface area contributed by atoms with E-state index >= 15 is 0 Å². The molecule has 1 amide bonds. The predicted octanol–water partition coefficient (Wildman–Crippen LogP) is 2.16. The highest BCUT2D eigenvalue weighted by atomic mass is 16.1. The van der Waals surface area contributed by atoms with Crippen molar-refractivity contribution in [1.82, 2.24) is 4.98 Å². The smallest absolute Gasteiger partial charge is 0.249 e. The summed E-state index contributed by atoms with van der Waals surface area (Å²) in [4.78, 5) is 15.5. The van der Waals surface area contributed by atoms with Crippen molar-refractivity contribution in [2.75, 3.05) is 0 Å². The number of amides is 1. The number of primary amides is 1. The Kier molecular flexibility index (Phi) is 2.68. The number of benzene rings is 1. The van der Waals surface area contributed by atoms with Crippen molar-refractivity contribution in [3.8, 4) is 11.1 Å². The summed E-state index contributed by atoms with van der Waals surface area (Å²) < 4.78 is 0. The van der Waals surface area contributed by atoms with E-state index in [1.165, 1.54) is 0 Å². The molecule has 0 unspecified atom stereocenters. The molecule has 3 nitrogen and oxygen atoms in total. The second-order valence-electron chi connectivity index (χ2n) is 3.60. The number of carbonyl (C=O) groups excluding carboxylic acids is 1. The Morgan fingerprint density at radius 3 is 2.56 bits per heavy atom. The lowest BCUT2D eigenvalue weighted by atomic mass is 10.0. The lowest BCUT2D eigenvalue weighted by Gasteiger charge is -2.06. The van der Waals surface area contributed by atoms with E-state index < -0.39 is 5.91 Å². The summed E-state index contributed by atoms with van der Waals surface area (Å²) in [6.07, 6.45) is 1.75. The van der Waals surface area contributed by atoms with Gasteiger partial charge < -0.3 is 5.73 Å². The number of rotatable bonds is 2. The summed E-state index contributed by atoms with van der Waals surface area (Å²) in [5.41, 5.74) is 8.51. The van der Waals surface area contributed by atoms with Gasteiger partial charge in [-0.05, 0) is 24.6 Å². The molecule has 2 aromatic rings. The zero-order chi connectivity index (χ0) is 11.5. The molecule has 2 N–H and O–H groups in total. The van der Waals surface area contributed by atoms with Crippen LogP contribution in [-0.4, -0.2) is 10.9 Å². The maximum atomic E-state index is 11.3. The average molecular weight is 212 g/mol. The minimum atomic E-state index is -0.420. The van der Waals surface area contributed by atoms with Gasteiger partial charge in [-0.15, -0.1) is 0 Å².